The van der Waals surface area contributed by atoms with Crippen LogP contribution in [0.15, 0.2) is 65.6 Å². The first-order valence-corrected chi connectivity index (χ1v) is 11.7. The molecule has 0 aromatic heterocycles. The van der Waals surface area contributed by atoms with E-state index < -0.39 is 21.7 Å². The number of benzene rings is 3. The lowest BCUT2D eigenvalue weighted by atomic mass is 10.1. The second-order valence-electron chi connectivity index (χ2n) is 6.95. The molecular formula is C23H22ClFN2O5S. The second kappa shape index (κ2) is 10.5. The maximum Gasteiger partial charge on any atom is 0.263 e. The van der Waals surface area contributed by atoms with Crippen molar-refractivity contribution in [3.63, 3.8) is 0 Å². The average Bonchev–Trinajstić information content (AvgIpc) is 2.80. The molecule has 0 saturated carbocycles. The predicted octanol–water partition coefficient (Wildman–Crippen LogP) is 4.27. The van der Waals surface area contributed by atoms with Gasteiger partial charge in [-0.3, -0.25) is 9.52 Å². The molecule has 0 heterocycles. The van der Waals surface area contributed by atoms with Crippen molar-refractivity contribution in [2.45, 2.75) is 11.3 Å². The number of rotatable bonds is 9. The van der Waals surface area contributed by atoms with Crippen molar-refractivity contribution in [3.8, 4) is 11.5 Å². The molecule has 0 spiro atoms. The largest absolute Gasteiger partial charge is 0.493 e. The van der Waals surface area contributed by atoms with Gasteiger partial charge in [-0.1, -0.05) is 17.7 Å². The minimum absolute atomic E-state index is 0.0495. The molecule has 2 N–H and O–H groups in total. The molecular weight excluding hydrogens is 471 g/mol. The van der Waals surface area contributed by atoms with Crippen LogP contribution in [0, 0.1) is 5.82 Å². The van der Waals surface area contributed by atoms with Crippen LogP contribution in [0.1, 0.15) is 15.9 Å². The van der Waals surface area contributed by atoms with E-state index in [4.69, 9.17) is 21.1 Å². The molecule has 0 aliphatic carbocycles. The van der Waals surface area contributed by atoms with E-state index in [0.717, 1.165) is 17.7 Å². The smallest absolute Gasteiger partial charge is 0.263 e. The van der Waals surface area contributed by atoms with Gasteiger partial charge in [-0.25, -0.2) is 12.8 Å². The average molecular weight is 493 g/mol. The Morgan fingerprint density at radius 3 is 2.33 bits per heavy atom. The van der Waals surface area contributed by atoms with Crippen molar-refractivity contribution in [2.75, 3.05) is 25.5 Å². The molecule has 7 nitrogen and oxygen atoms in total. The number of amides is 1. The van der Waals surface area contributed by atoms with Crippen LogP contribution in [0.4, 0.5) is 10.1 Å². The first-order chi connectivity index (χ1) is 15.7. The van der Waals surface area contributed by atoms with Gasteiger partial charge in [-0.2, -0.15) is 0 Å². The summed E-state index contributed by atoms with van der Waals surface area (Å²) in [5.74, 6) is 0.241. The predicted molar refractivity (Wildman–Crippen MR) is 124 cm³/mol. The Bertz CT molecular complexity index is 1250. The van der Waals surface area contributed by atoms with Crippen LogP contribution in [0.2, 0.25) is 5.02 Å². The summed E-state index contributed by atoms with van der Waals surface area (Å²) < 4.78 is 51.4. The molecule has 0 saturated heterocycles. The fourth-order valence-corrected chi connectivity index (χ4v) is 4.62. The highest BCUT2D eigenvalue weighted by Crippen LogP contribution is 2.28. The van der Waals surface area contributed by atoms with Crippen LogP contribution >= 0.6 is 11.6 Å². The number of halogens is 2. The third-order valence-electron chi connectivity index (χ3n) is 4.73. The van der Waals surface area contributed by atoms with E-state index in [1.165, 1.54) is 30.3 Å². The first kappa shape index (κ1) is 24.3. The highest BCUT2D eigenvalue weighted by atomic mass is 35.5. The molecule has 3 aromatic rings. The van der Waals surface area contributed by atoms with Crippen molar-refractivity contribution in [1.82, 2.24) is 5.32 Å². The van der Waals surface area contributed by atoms with E-state index in [1.54, 1.807) is 20.3 Å². The quantitative estimate of drug-likeness (QED) is 0.465. The Hall–Kier alpha value is -3.30. The summed E-state index contributed by atoms with van der Waals surface area (Å²) >= 11 is 6.08. The Balaban J connectivity index is 1.69. The molecule has 0 aliphatic rings. The Morgan fingerprint density at radius 2 is 1.67 bits per heavy atom. The van der Waals surface area contributed by atoms with Crippen molar-refractivity contribution >= 4 is 33.2 Å². The number of methoxy groups -OCH3 is 2. The minimum Gasteiger partial charge on any atom is -0.493 e. The molecule has 0 radical (unpaired) electrons. The van der Waals surface area contributed by atoms with Gasteiger partial charge in [0.25, 0.3) is 15.9 Å². The Labute approximate surface area is 196 Å². The lowest BCUT2D eigenvalue weighted by Crippen LogP contribution is -2.26. The van der Waals surface area contributed by atoms with Gasteiger partial charge in [0, 0.05) is 17.8 Å². The lowest BCUT2D eigenvalue weighted by Gasteiger charge is -2.12. The van der Waals surface area contributed by atoms with Crippen LogP contribution in [0.25, 0.3) is 0 Å². The second-order valence-corrected chi connectivity index (χ2v) is 9.01. The standard InChI is InChI=1S/C23H22ClFN2O5S/c1-31-20-10-3-15(13-21(20)32-2)11-12-26-23(28)16-4-9-19(24)22(14-16)33(29,30)27-18-7-5-17(25)6-8-18/h3-10,13-14,27H,11-12H2,1-2H3,(H,26,28). The third-order valence-corrected chi connectivity index (χ3v) is 6.59. The van der Waals surface area contributed by atoms with Crippen molar-refractivity contribution in [2.24, 2.45) is 0 Å². The summed E-state index contributed by atoms with van der Waals surface area (Å²) in [4.78, 5) is 12.3. The lowest BCUT2D eigenvalue weighted by molar-refractivity contribution is 0.0954. The number of carbonyl (C=O) groups is 1. The third kappa shape index (κ3) is 6.15. The summed E-state index contributed by atoms with van der Waals surface area (Å²) in [6, 6.07) is 14.2. The van der Waals surface area contributed by atoms with Crippen LogP contribution < -0.4 is 19.5 Å². The summed E-state index contributed by atoms with van der Waals surface area (Å²) in [6.45, 7) is 0.312. The van der Waals surface area contributed by atoms with Gasteiger partial charge in [0.15, 0.2) is 11.5 Å². The van der Waals surface area contributed by atoms with Crippen LogP contribution in [0.3, 0.4) is 0 Å². The van der Waals surface area contributed by atoms with Gasteiger partial charge < -0.3 is 14.8 Å². The molecule has 0 aliphatic heterocycles. The Kier molecular flexibility index (Phi) is 7.78. The van der Waals surface area contributed by atoms with Gasteiger partial charge >= 0.3 is 0 Å². The molecule has 0 bridgehead atoms. The van der Waals surface area contributed by atoms with Gasteiger partial charge in [0.1, 0.15) is 10.7 Å². The zero-order valence-electron chi connectivity index (χ0n) is 17.9. The summed E-state index contributed by atoms with van der Waals surface area (Å²) in [7, 11) is -1.01. The Morgan fingerprint density at radius 1 is 0.970 bits per heavy atom. The number of carbonyl (C=O) groups excluding carboxylic acids is 1. The topological polar surface area (TPSA) is 93.7 Å². The van der Waals surface area contributed by atoms with E-state index in [9.17, 15) is 17.6 Å². The molecule has 1 amide bonds. The fraction of sp³-hybridized carbons (Fsp3) is 0.174. The molecule has 33 heavy (non-hydrogen) atoms. The number of anilines is 1. The molecule has 174 valence electrons. The van der Waals surface area contributed by atoms with E-state index >= 15 is 0 Å². The summed E-state index contributed by atoms with van der Waals surface area (Å²) in [5.41, 5.74) is 1.22. The molecule has 3 aromatic carbocycles. The maximum absolute atomic E-state index is 13.1. The molecule has 10 heteroatoms. The zero-order valence-corrected chi connectivity index (χ0v) is 19.5. The zero-order chi connectivity index (χ0) is 24.0. The number of ether oxygens (including phenoxy) is 2. The van der Waals surface area contributed by atoms with Gasteiger partial charge in [-0.05, 0) is 66.6 Å². The number of sulfonamides is 1. The van der Waals surface area contributed by atoms with Crippen LogP contribution in [0.5, 0.6) is 11.5 Å². The van der Waals surface area contributed by atoms with Gasteiger partial charge in [0.05, 0.1) is 19.2 Å². The van der Waals surface area contributed by atoms with E-state index in [2.05, 4.69) is 10.0 Å². The number of hydrogen-bond acceptors (Lipinski definition) is 5. The van der Waals surface area contributed by atoms with Crippen molar-refractivity contribution in [1.29, 1.82) is 0 Å². The molecule has 0 unspecified atom stereocenters. The molecule has 0 fully saturated rings. The summed E-state index contributed by atoms with van der Waals surface area (Å²) in [6.07, 6.45) is 0.525. The molecule has 3 rings (SSSR count). The maximum atomic E-state index is 13.1. The van der Waals surface area contributed by atoms with Gasteiger partial charge in [-0.15, -0.1) is 0 Å². The number of nitrogens with one attached hydrogen (secondary N) is 2. The first-order valence-electron chi connectivity index (χ1n) is 9.80. The summed E-state index contributed by atoms with van der Waals surface area (Å²) in [5, 5.41) is 2.71. The highest BCUT2D eigenvalue weighted by molar-refractivity contribution is 7.92. The van der Waals surface area contributed by atoms with E-state index in [0.29, 0.717) is 24.5 Å². The van der Waals surface area contributed by atoms with E-state index in [-0.39, 0.29) is 21.2 Å². The normalized spacial score (nSPS) is 11.0. The van der Waals surface area contributed by atoms with Gasteiger partial charge in [0.2, 0.25) is 0 Å². The SMILES string of the molecule is COc1ccc(CCNC(=O)c2ccc(Cl)c(S(=O)(=O)Nc3ccc(F)cc3)c2)cc1OC. The van der Waals surface area contributed by atoms with Crippen LogP contribution in [-0.2, 0) is 16.4 Å². The highest BCUT2D eigenvalue weighted by Gasteiger charge is 2.20. The van der Waals surface area contributed by atoms with Crippen molar-refractivity contribution < 1.29 is 27.1 Å². The molecule has 0 atom stereocenters. The minimum atomic E-state index is -4.10. The fourth-order valence-electron chi connectivity index (χ4n) is 3.04. The monoisotopic (exact) mass is 492 g/mol. The number of hydrogen-bond donors (Lipinski definition) is 2. The van der Waals surface area contributed by atoms with Crippen LogP contribution in [-0.4, -0.2) is 35.1 Å². The van der Waals surface area contributed by atoms with E-state index in [1.807, 2.05) is 12.1 Å². The van der Waals surface area contributed by atoms with Crippen molar-refractivity contribution in [3.05, 3.63) is 82.6 Å².